The minimum Gasteiger partial charge on any atom is -0.286 e. The van der Waals surface area contributed by atoms with Gasteiger partial charge in [0.1, 0.15) is 0 Å². The Morgan fingerprint density at radius 2 is 2.50 bits per heavy atom. The third kappa shape index (κ3) is 0.847. The van der Waals surface area contributed by atoms with Crippen molar-refractivity contribution in [1.82, 2.24) is 0 Å². The van der Waals surface area contributed by atoms with Gasteiger partial charge in [-0.2, -0.15) is 0 Å². The molecular formula is C8H5OS. The van der Waals surface area contributed by atoms with Crippen LogP contribution >= 0.6 is 11.8 Å². The molecule has 0 aromatic heterocycles. The molecule has 0 fully saturated rings. The molecule has 1 radical (unpaired) electrons. The van der Waals surface area contributed by atoms with E-state index in [9.17, 15) is 4.79 Å². The Hall–Kier alpha value is -0.760. The molecule has 0 unspecified atom stereocenters. The molecule has 0 amide bonds. The van der Waals surface area contributed by atoms with E-state index in [2.05, 4.69) is 6.07 Å². The lowest BCUT2D eigenvalue weighted by Gasteiger charge is -1.90. The molecule has 0 saturated heterocycles. The zero-order valence-corrected chi connectivity index (χ0v) is 6.07. The second-order valence-electron chi connectivity index (χ2n) is 2.18. The average molecular weight is 149 g/mol. The summed E-state index contributed by atoms with van der Waals surface area (Å²) in [7, 11) is 0. The topological polar surface area (TPSA) is 17.1 Å². The molecule has 1 aromatic rings. The van der Waals surface area contributed by atoms with Crippen molar-refractivity contribution in [2.45, 2.75) is 11.3 Å². The first-order valence-electron chi connectivity index (χ1n) is 3.06. The van der Waals surface area contributed by atoms with Crippen molar-refractivity contribution in [3.05, 3.63) is 29.8 Å². The Kier molecular flexibility index (Phi) is 1.27. The smallest absolute Gasteiger partial charge is 0.198 e. The quantitative estimate of drug-likeness (QED) is 0.558. The molecule has 1 heterocycles. The van der Waals surface area contributed by atoms with Gasteiger partial charge in [-0.1, -0.05) is 17.8 Å². The highest BCUT2D eigenvalue weighted by Crippen LogP contribution is 2.31. The third-order valence-corrected chi connectivity index (χ3v) is 2.45. The van der Waals surface area contributed by atoms with Crippen molar-refractivity contribution in [1.29, 1.82) is 0 Å². The van der Waals surface area contributed by atoms with Gasteiger partial charge in [-0.15, -0.1) is 0 Å². The maximum atomic E-state index is 10.8. The van der Waals surface area contributed by atoms with Crippen LogP contribution in [-0.2, 0) is 11.2 Å². The fourth-order valence-corrected chi connectivity index (χ4v) is 1.87. The minimum absolute atomic E-state index is 0.245. The second-order valence-corrected chi connectivity index (χ2v) is 3.28. The predicted octanol–water partition coefficient (Wildman–Crippen LogP) is 1.66. The molecule has 1 aliphatic rings. The maximum absolute atomic E-state index is 10.8. The maximum Gasteiger partial charge on any atom is 0.198 e. The van der Waals surface area contributed by atoms with Crippen LogP contribution in [0, 0.1) is 6.07 Å². The number of hydrogen-bond donors (Lipinski definition) is 0. The van der Waals surface area contributed by atoms with Crippen LogP contribution in [0.5, 0.6) is 0 Å². The molecule has 0 bridgehead atoms. The monoisotopic (exact) mass is 149 g/mol. The Balaban J connectivity index is 2.51. The van der Waals surface area contributed by atoms with Gasteiger partial charge in [-0.05, 0) is 23.8 Å². The fraction of sp³-hybridized carbons (Fsp3) is 0.125. The molecule has 1 nitrogen and oxygen atoms in total. The second kappa shape index (κ2) is 2.13. The van der Waals surface area contributed by atoms with Crippen LogP contribution in [0.4, 0.5) is 0 Å². The normalized spacial score (nSPS) is 15.4. The SMILES string of the molecule is O=C1Cc2c[c]ccc2S1. The minimum atomic E-state index is 0.245. The molecule has 0 N–H and O–H groups in total. The van der Waals surface area contributed by atoms with E-state index in [4.69, 9.17) is 0 Å². The van der Waals surface area contributed by atoms with Crippen molar-refractivity contribution in [3.63, 3.8) is 0 Å². The van der Waals surface area contributed by atoms with Crippen molar-refractivity contribution in [2.24, 2.45) is 0 Å². The molecule has 2 rings (SSSR count). The van der Waals surface area contributed by atoms with Crippen molar-refractivity contribution < 1.29 is 4.79 Å². The Bertz CT molecular complexity index is 253. The van der Waals surface area contributed by atoms with Gasteiger partial charge in [0.2, 0.25) is 0 Å². The standard InChI is InChI=1S/C8H5OS/c9-8-5-6-3-1-2-4-7(6)10-8/h2-4H,5H2. The number of hydrogen-bond acceptors (Lipinski definition) is 2. The molecule has 0 aliphatic carbocycles. The van der Waals surface area contributed by atoms with E-state index in [1.54, 1.807) is 0 Å². The van der Waals surface area contributed by atoms with Crippen molar-refractivity contribution in [2.75, 3.05) is 0 Å². The van der Waals surface area contributed by atoms with Gasteiger partial charge >= 0.3 is 0 Å². The molecular weight excluding hydrogens is 144 g/mol. The highest BCUT2D eigenvalue weighted by molar-refractivity contribution is 8.14. The van der Waals surface area contributed by atoms with E-state index >= 15 is 0 Å². The van der Waals surface area contributed by atoms with Gasteiger partial charge in [0.25, 0.3) is 0 Å². The molecule has 1 aromatic carbocycles. The Morgan fingerprint density at radius 3 is 3.30 bits per heavy atom. The summed E-state index contributed by atoms with van der Waals surface area (Å²) >= 11 is 1.33. The van der Waals surface area contributed by atoms with Gasteiger partial charge < -0.3 is 0 Å². The molecule has 0 atom stereocenters. The summed E-state index contributed by atoms with van der Waals surface area (Å²) in [6.45, 7) is 0. The highest BCUT2D eigenvalue weighted by Gasteiger charge is 2.17. The van der Waals surface area contributed by atoms with Gasteiger partial charge in [-0.25, -0.2) is 0 Å². The summed E-state index contributed by atoms with van der Waals surface area (Å²) in [5.41, 5.74) is 1.12. The average Bonchev–Trinajstić information content (AvgIpc) is 2.27. The molecule has 0 spiro atoms. The van der Waals surface area contributed by atoms with Crippen LogP contribution in [-0.4, -0.2) is 5.12 Å². The van der Waals surface area contributed by atoms with Crippen LogP contribution in [0.25, 0.3) is 0 Å². The Morgan fingerprint density at radius 1 is 1.60 bits per heavy atom. The van der Waals surface area contributed by atoms with Gasteiger partial charge in [0.05, 0.1) is 0 Å². The number of carbonyl (C=O) groups excluding carboxylic acids is 1. The zero-order chi connectivity index (χ0) is 6.97. The van der Waals surface area contributed by atoms with E-state index in [-0.39, 0.29) is 5.12 Å². The summed E-state index contributed by atoms with van der Waals surface area (Å²) < 4.78 is 0. The number of carbonyl (C=O) groups is 1. The largest absolute Gasteiger partial charge is 0.286 e. The van der Waals surface area contributed by atoms with Crippen molar-refractivity contribution >= 4 is 16.9 Å². The van der Waals surface area contributed by atoms with E-state index in [0.717, 1.165) is 10.5 Å². The first-order valence-corrected chi connectivity index (χ1v) is 3.87. The van der Waals surface area contributed by atoms with Crippen molar-refractivity contribution in [3.8, 4) is 0 Å². The van der Waals surface area contributed by atoms with Crippen LogP contribution in [0.2, 0.25) is 0 Å². The third-order valence-electron chi connectivity index (χ3n) is 1.46. The number of thioether (sulfide) groups is 1. The number of rotatable bonds is 0. The van der Waals surface area contributed by atoms with E-state index in [1.165, 1.54) is 11.8 Å². The molecule has 0 saturated carbocycles. The predicted molar refractivity (Wildman–Crippen MR) is 39.8 cm³/mol. The van der Waals surface area contributed by atoms with E-state index in [0.29, 0.717) is 6.42 Å². The first kappa shape index (κ1) is 5.98. The van der Waals surface area contributed by atoms with E-state index in [1.807, 2.05) is 18.2 Å². The molecule has 49 valence electrons. The Labute approximate surface area is 63.4 Å². The first-order chi connectivity index (χ1) is 4.86. The fourth-order valence-electron chi connectivity index (χ4n) is 1.00. The molecule has 10 heavy (non-hydrogen) atoms. The zero-order valence-electron chi connectivity index (χ0n) is 5.26. The van der Waals surface area contributed by atoms with Crippen LogP contribution in [0.15, 0.2) is 23.1 Å². The lowest BCUT2D eigenvalue weighted by atomic mass is 10.2. The number of benzene rings is 1. The number of fused-ring (bicyclic) bond motifs is 1. The summed E-state index contributed by atoms with van der Waals surface area (Å²) in [6.07, 6.45) is 0.581. The lowest BCUT2D eigenvalue weighted by Crippen LogP contribution is -1.85. The van der Waals surface area contributed by atoms with Crippen LogP contribution < -0.4 is 0 Å². The molecule has 1 aliphatic heterocycles. The molecule has 2 heteroatoms. The summed E-state index contributed by atoms with van der Waals surface area (Å²) in [6, 6.07) is 8.60. The van der Waals surface area contributed by atoms with Gasteiger partial charge in [0, 0.05) is 11.3 Å². The van der Waals surface area contributed by atoms with Gasteiger partial charge in [-0.3, -0.25) is 4.79 Å². The van der Waals surface area contributed by atoms with Crippen LogP contribution in [0.3, 0.4) is 0 Å². The van der Waals surface area contributed by atoms with Gasteiger partial charge in [0.15, 0.2) is 5.12 Å². The summed E-state index contributed by atoms with van der Waals surface area (Å²) in [5.74, 6) is 0. The lowest BCUT2D eigenvalue weighted by molar-refractivity contribution is -0.110. The summed E-state index contributed by atoms with van der Waals surface area (Å²) in [4.78, 5) is 11.9. The highest BCUT2D eigenvalue weighted by atomic mass is 32.2. The summed E-state index contributed by atoms with van der Waals surface area (Å²) in [5, 5.41) is 0.245. The van der Waals surface area contributed by atoms with E-state index < -0.39 is 0 Å². The van der Waals surface area contributed by atoms with Crippen LogP contribution in [0.1, 0.15) is 5.56 Å².